The van der Waals surface area contributed by atoms with Gasteiger partial charge in [0.1, 0.15) is 6.10 Å². The molecule has 3 unspecified atom stereocenters. The fraction of sp³-hybridized carbons (Fsp3) is 0.476. The summed E-state index contributed by atoms with van der Waals surface area (Å²) in [5.74, 6) is 0.0128. The van der Waals surface area contributed by atoms with E-state index in [9.17, 15) is 4.79 Å². The molecule has 1 saturated carbocycles. The normalized spacial score (nSPS) is 24.6. The molecule has 142 valence electrons. The number of carbonyl (C=O) groups is 1. The van der Waals surface area contributed by atoms with Crippen LogP contribution in [0.15, 0.2) is 42.9 Å². The molecule has 3 atom stereocenters. The molecule has 0 N–H and O–H groups in total. The first kappa shape index (κ1) is 18.1. The number of aryl methyl sites for hydroxylation is 1. The summed E-state index contributed by atoms with van der Waals surface area (Å²) in [4.78, 5) is 23.5. The monoisotopic (exact) mass is 367 g/mol. The van der Waals surface area contributed by atoms with Gasteiger partial charge in [0, 0.05) is 30.8 Å². The highest BCUT2D eigenvalue weighted by atomic mass is 16.5. The lowest BCUT2D eigenvalue weighted by Crippen LogP contribution is -2.46. The Morgan fingerprint density at radius 2 is 2.11 bits per heavy atom. The first-order valence-corrected chi connectivity index (χ1v) is 9.64. The number of aromatic nitrogens is 2. The highest BCUT2D eigenvalue weighted by Gasteiger charge is 2.44. The molecule has 2 aliphatic rings. The van der Waals surface area contributed by atoms with Gasteiger partial charge in [0.2, 0.25) is 0 Å². The van der Waals surface area contributed by atoms with Gasteiger partial charge in [0.05, 0.1) is 30.9 Å². The van der Waals surface area contributed by atoms with Crippen LogP contribution in [0.25, 0.3) is 0 Å². The number of pyridine rings is 2. The van der Waals surface area contributed by atoms with Gasteiger partial charge in [0.15, 0.2) is 0 Å². The van der Waals surface area contributed by atoms with Crippen molar-refractivity contribution in [1.29, 1.82) is 0 Å². The molecular formula is C21H25N3O3. The van der Waals surface area contributed by atoms with Gasteiger partial charge in [-0.05, 0) is 49.1 Å². The maximum atomic E-state index is 13.1. The summed E-state index contributed by atoms with van der Waals surface area (Å²) in [7, 11) is 0. The molecule has 1 amide bonds. The van der Waals surface area contributed by atoms with Crippen LogP contribution in [0.3, 0.4) is 0 Å². The average molecular weight is 367 g/mol. The molecule has 0 spiro atoms. The van der Waals surface area contributed by atoms with E-state index < -0.39 is 0 Å². The highest BCUT2D eigenvalue weighted by Crippen LogP contribution is 2.33. The molecule has 2 aromatic heterocycles. The van der Waals surface area contributed by atoms with Crippen molar-refractivity contribution in [1.82, 2.24) is 14.9 Å². The van der Waals surface area contributed by atoms with E-state index >= 15 is 0 Å². The van der Waals surface area contributed by atoms with Gasteiger partial charge >= 0.3 is 0 Å². The van der Waals surface area contributed by atoms with Crippen LogP contribution < -0.4 is 0 Å². The quantitative estimate of drug-likeness (QED) is 0.813. The lowest BCUT2D eigenvalue weighted by molar-refractivity contribution is -0.0597. The maximum Gasteiger partial charge on any atom is 0.255 e. The smallest absolute Gasteiger partial charge is 0.255 e. The molecule has 6 heteroatoms. The fourth-order valence-corrected chi connectivity index (χ4v) is 3.96. The Labute approximate surface area is 159 Å². The lowest BCUT2D eigenvalue weighted by Gasteiger charge is -2.31. The summed E-state index contributed by atoms with van der Waals surface area (Å²) in [6.45, 7) is 3.69. The van der Waals surface area contributed by atoms with Crippen molar-refractivity contribution in [2.45, 2.75) is 51.0 Å². The molecule has 2 aromatic rings. The van der Waals surface area contributed by atoms with E-state index in [1.807, 2.05) is 29.2 Å². The van der Waals surface area contributed by atoms with E-state index in [0.717, 1.165) is 30.5 Å². The van der Waals surface area contributed by atoms with E-state index in [2.05, 4.69) is 16.9 Å². The second kappa shape index (κ2) is 8.15. The Bertz CT molecular complexity index is 766. The van der Waals surface area contributed by atoms with Gasteiger partial charge in [-0.15, -0.1) is 0 Å². The van der Waals surface area contributed by atoms with Crippen molar-refractivity contribution in [3.8, 4) is 0 Å². The van der Waals surface area contributed by atoms with Gasteiger partial charge in [-0.25, -0.2) is 0 Å². The van der Waals surface area contributed by atoms with Crippen LogP contribution in [-0.4, -0.2) is 52.2 Å². The number of ether oxygens (including phenoxy) is 2. The van der Waals surface area contributed by atoms with E-state index in [4.69, 9.17) is 9.47 Å². The van der Waals surface area contributed by atoms with Gasteiger partial charge in [-0.1, -0.05) is 6.92 Å². The number of nitrogens with zero attached hydrogens (tertiary/aromatic N) is 3. The first-order chi connectivity index (χ1) is 13.3. The van der Waals surface area contributed by atoms with Crippen molar-refractivity contribution < 1.29 is 14.3 Å². The summed E-state index contributed by atoms with van der Waals surface area (Å²) in [6.07, 6.45) is 7.84. The zero-order chi connectivity index (χ0) is 18.6. The standard InChI is InChI=1S/C21H25N3O3/c1-2-17-4-3-16(13-23-17)21(25)24-11-12-26-19-6-5-18(24)20(19)27-14-15-7-9-22-10-8-15/h3-4,7-10,13,18-20H,2,5-6,11-12,14H2,1H3. The summed E-state index contributed by atoms with van der Waals surface area (Å²) in [5, 5.41) is 0. The third-order valence-corrected chi connectivity index (χ3v) is 5.44. The zero-order valence-electron chi connectivity index (χ0n) is 15.6. The fourth-order valence-electron chi connectivity index (χ4n) is 3.96. The van der Waals surface area contributed by atoms with Crippen LogP contribution in [0.2, 0.25) is 0 Å². The molecule has 2 fully saturated rings. The minimum atomic E-state index is -0.104. The number of amides is 1. The van der Waals surface area contributed by atoms with Gasteiger partial charge in [-0.2, -0.15) is 0 Å². The topological polar surface area (TPSA) is 64.6 Å². The molecule has 0 aromatic carbocycles. The first-order valence-electron chi connectivity index (χ1n) is 9.64. The number of rotatable bonds is 5. The lowest BCUT2D eigenvalue weighted by atomic mass is 10.1. The van der Waals surface area contributed by atoms with E-state index in [-0.39, 0.29) is 24.2 Å². The molecule has 4 rings (SSSR count). The SMILES string of the molecule is CCc1ccc(C(=O)N2CCOC3CCC2C3OCc2ccncc2)cn1. The second-order valence-corrected chi connectivity index (χ2v) is 7.08. The third-order valence-electron chi connectivity index (χ3n) is 5.44. The van der Waals surface area contributed by atoms with Gasteiger partial charge in [0.25, 0.3) is 5.91 Å². The Morgan fingerprint density at radius 3 is 2.85 bits per heavy atom. The number of hydrogen-bond acceptors (Lipinski definition) is 5. The summed E-state index contributed by atoms with van der Waals surface area (Å²) in [5.41, 5.74) is 2.70. The molecule has 27 heavy (non-hydrogen) atoms. The van der Waals surface area contributed by atoms with Crippen LogP contribution in [0, 0.1) is 0 Å². The highest BCUT2D eigenvalue weighted by molar-refractivity contribution is 5.94. The third kappa shape index (κ3) is 3.87. The molecule has 3 heterocycles. The molecule has 0 radical (unpaired) electrons. The maximum absolute atomic E-state index is 13.1. The van der Waals surface area contributed by atoms with Crippen molar-refractivity contribution in [2.75, 3.05) is 13.2 Å². The number of hydrogen-bond donors (Lipinski definition) is 0. The summed E-state index contributed by atoms with van der Waals surface area (Å²) in [6, 6.07) is 7.74. The Hall–Kier alpha value is -2.31. The minimum Gasteiger partial charge on any atom is -0.374 e. The molecular weight excluding hydrogens is 342 g/mol. The van der Waals surface area contributed by atoms with Crippen LogP contribution in [-0.2, 0) is 22.5 Å². The molecule has 1 aliphatic carbocycles. The van der Waals surface area contributed by atoms with E-state index in [1.54, 1.807) is 18.6 Å². The zero-order valence-corrected chi connectivity index (χ0v) is 15.6. The van der Waals surface area contributed by atoms with E-state index in [0.29, 0.717) is 25.3 Å². The van der Waals surface area contributed by atoms with Gasteiger partial charge < -0.3 is 14.4 Å². The van der Waals surface area contributed by atoms with Crippen molar-refractivity contribution >= 4 is 5.91 Å². The van der Waals surface area contributed by atoms with E-state index in [1.165, 1.54) is 0 Å². The predicted molar refractivity (Wildman–Crippen MR) is 100 cm³/mol. The largest absolute Gasteiger partial charge is 0.374 e. The Kier molecular flexibility index (Phi) is 5.45. The van der Waals surface area contributed by atoms with Crippen molar-refractivity contribution in [2.24, 2.45) is 0 Å². The number of carbonyl (C=O) groups excluding carboxylic acids is 1. The van der Waals surface area contributed by atoms with Crippen molar-refractivity contribution in [3.05, 3.63) is 59.7 Å². The Balaban J connectivity index is 1.50. The van der Waals surface area contributed by atoms with Crippen LogP contribution in [0.5, 0.6) is 0 Å². The molecule has 2 bridgehead atoms. The van der Waals surface area contributed by atoms with Crippen molar-refractivity contribution in [3.63, 3.8) is 0 Å². The second-order valence-electron chi connectivity index (χ2n) is 7.08. The predicted octanol–water partition coefficient (Wildman–Crippen LogP) is 2.63. The minimum absolute atomic E-state index is 0.0128. The Morgan fingerprint density at radius 1 is 1.26 bits per heavy atom. The summed E-state index contributed by atoms with van der Waals surface area (Å²) >= 11 is 0. The van der Waals surface area contributed by atoms with Crippen LogP contribution in [0.1, 0.15) is 41.4 Å². The van der Waals surface area contributed by atoms with Crippen LogP contribution in [0.4, 0.5) is 0 Å². The van der Waals surface area contributed by atoms with Crippen LogP contribution >= 0.6 is 0 Å². The number of fused-ring (bicyclic) bond motifs is 2. The van der Waals surface area contributed by atoms with Gasteiger partial charge in [-0.3, -0.25) is 14.8 Å². The molecule has 1 aliphatic heterocycles. The molecule has 1 saturated heterocycles. The summed E-state index contributed by atoms with van der Waals surface area (Å²) < 4.78 is 12.2. The average Bonchev–Trinajstić information content (AvgIpc) is 3.02. The molecule has 6 nitrogen and oxygen atoms in total.